The summed E-state index contributed by atoms with van der Waals surface area (Å²) in [6.45, 7) is 4.53. The highest BCUT2D eigenvalue weighted by atomic mass is 16.2. The zero-order chi connectivity index (χ0) is 24.8. The van der Waals surface area contributed by atoms with Crippen molar-refractivity contribution < 1.29 is 4.79 Å². The normalized spacial score (nSPS) is 15.3. The highest BCUT2D eigenvalue weighted by molar-refractivity contribution is 5.93. The van der Waals surface area contributed by atoms with Gasteiger partial charge in [-0.15, -0.1) is 0 Å². The highest BCUT2D eigenvalue weighted by Crippen LogP contribution is 2.33. The Morgan fingerprint density at radius 3 is 2.56 bits per heavy atom. The molecule has 6 rings (SSSR count). The number of aryl methyl sites for hydroxylation is 3. The third kappa shape index (κ3) is 4.83. The SMILES string of the molecule is Cc1cc(CC(=O)N(Cc2cccc(-c3ccc4nc(C)nc(NC5CC5)c4c3)c2)C2CC2)n(C)n1. The summed E-state index contributed by atoms with van der Waals surface area (Å²) in [6, 6.07) is 17.8. The van der Waals surface area contributed by atoms with E-state index < -0.39 is 0 Å². The predicted molar refractivity (Wildman–Crippen MR) is 142 cm³/mol. The van der Waals surface area contributed by atoms with E-state index in [9.17, 15) is 4.79 Å². The molecule has 36 heavy (non-hydrogen) atoms. The van der Waals surface area contributed by atoms with Crippen LogP contribution in [-0.4, -0.2) is 42.6 Å². The topological polar surface area (TPSA) is 75.9 Å². The molecule has 184 valence electrons. The third-order valence-corrected chi connectivity index (χ3v) is 7.08. The second-order valence-corrected chi connectivity index (χ2v) is 10.3. The fourth-order valence-electron chi connectivity index (χ4n) is 4.89. The molecule has 2 aromatic heterocycles. The van der Waals surface area contributed by atoms with Gasteiger partial charge in [-0.05, 0) is 80.5 Å². The molecule has 2 aromatic carbocycles. The van der Waals surface area contributed by atoms with Gasteiger partial charge in [0.15, 0.2) is 0 Å². The van der Waals surface area contributed by atoms with Crippen LogP contribution in [0.4, 0.5) is 5.82 Å². The molecule has 0 bridgehead atoms. The fraction of sp³-hybridized carbons (Fsp3) is 0.379. The molecule has 2 saturated carbocycles. The van der Waals surface area contributed by atoms with Crippen LogP contribution in [0.3, 0.4) is 0 Å². The Labute approximate surface area is 211 Å². The number of carbonyl (C=O) groups excluding carboxylic acids is 1. The van der Waals surface area contributed by atoms with Crippen molar-refractivity contribution >= 4 is 22.6 Å². The largest absolute Gasteiger partial charge is 0.367 e. The van der Waals surface area contributed by atoms with E-state index in [0.717, 1.165) is 63.5 Å². The number of fused-ring (bicyclic) bond motifs is 1. The van der Waals surface area contributed by atoms with Gasteiger partial charge in [-0.3, -0.25) is 9.48 Å². The molecule has 2 aliphatic rings. The minimum Gasteiger partial charge on any atom is -0.367 e. The van der Waals surface area contributed by atoms with Gasteiger partial charge in [-0.2, -0.15) is 5.10 Å². The number of nitrogens with zero attached hydrogens (tertiary/aromatic N) is 5. The summed E-state index contributed by atoms with van der Waals surface area (Å²) in [5, 5.41) is 9.02. The first-order valence-corrected chi connectivity index (χ1v) is 12.9. The van der Waals surface area contributed by atoms with E-state index in [4.69, 9.17) is 0 Å². The van der Waals surface area contributed by atoms with Gasteiger partial charge in [0, 0.05) is 36.8 Å². The number of hydrogen-bond acceptors (Lipinski definition) is 5. The lowest BCUT2D eigenvalue weighted by Gasteiger charge is -2.23. The summed E-state index contributed by atoms with van der Waals surface area (Å²) in [5.41, 5.74) is 6.27. The minimum absolute atomic E-state index is 0.167. The number of hydrogen-bond donors (Lipinski definition) is 1. The summed E-state index contributed by atoms with van der Waals surface area (Å²) < 4.78 is 1.82. The smallest absolute Gasteiger partial charge is 0.229 e. The number of benzene rings is 2. The molecule has 2 aliphatic carbocycles. The van der Waals surface area contributed by atoms with Crippen LogP contribution in [0.1, 0.15) is 48.5 Å². The maximum atomic E-state index is 13.3. The summed E-state index contributed by atoms with van der Waals surface area (Å²) in [7, 11) is 1.90. The Hall–Kier alpha value is -3.74. The van der Waals surface area contributed by atoms with Crippen molar-refractivity contribution in [3.05, 3.63) is 71.3 Å². The van der Waals surface area contributed by atoms with Gasteiger partial charge in [-0.25, -0.2) is 9.97 Å². The van der Waals surface area contributed by atoms with Crippen LogP contribution in [0.5, 0.6) is 0 Å². The predicted octanol–water partition coefficient (Wildman–Crippen LogP) is 4.96. The fourth-order valence-corrected chi connectivity index (χ4v) is 4.89. The van der Waals surface area contributed by atoms with Crippen molar-refractivity contribution in [1.82, 2.24) is 24.6 Å². The Balaban J connectivity index is 1.26. The third-order valence-electron chi connectivity index (χ3n) is 7.08. The van der Waals surface area contributed by atoms with Gasteiger partial charge in [0.25, 0.3) is 0 Å². The van der Waals surface area contributed by atoms with E-state index >= 15 is 0 Å². The number of carbonyl (C=O) groups is 1. The summed E-state index contributed by atoms with van der Waals surface area (Å²) in [5.74, 6) is 1.88. The van der Waals surface area contributed by atoms with Crippen molar-refractivity contribution in [1.29, 1.82) is 0 Å². The standard InChI is InChI=1S/C29H32N6O/c1-18-13-25(34(3)33-18)16-28(36)35(24-10-11-24)17-20-5-4-6-21(14-20)22-7-12-27-26(15-22)29(31-19(2)30-27)32-23-8-9-23/h4-7,12-15,23-24H,8-11,16-17H2,1-3H3,(H,30,31,32). The van der Waals surface area contributed by atoms with Gasteiger partial charge < -0.3 is 10.2 Å². The molecule has 0 radical (unpaired) electrons. The lowest BCUT2D eigenvalue weighted by molar-refractivity contribution is -0.131. The maximum Gasteiger partial charge on any atom is 0.229 e. The number of nitrogens with one attached hydrogen (secondary N) is 1. The summed E-state index contributed by atoms with van der Waals surface area (Å²) in [6.07, 6.45) is 4.94. The highest BCUT2D eigenvalue weighted by Gasteiger charge is 2.33. The summed E-state index contributed by atoms with van der Waals surface area (Å²) >= 11 is 0. The van der Waals surface area contributed by atoms with E-state index in [0.29, 0.717) is 25.0 Å². The number of anilines is 1. The second kappa shape index (κ2) is 9.04. The van der Waals surface area contributed by atoms with Crippen molar-refractivity contribution in [3.63, 3.8) is 0 Å². The quantitative estimate of drug-likeness (QED) is 0.386. The number of rotatable bonds is 8. The van der Waals surface area contributed by atoms with E-state index in [1.165, 1.54) is 12.8 Å². The Bertz CT molecular complexity index is 1450. The maximum absolute atomic E-state index is 13.3. The average Bonchev–Trinajstić information content (AvgIpc) is 3.78. The van der Waals surface area contributed by atoms with Gasteiger partial charge in [-0.1, -0.05) is 24.3 Å². The van der Waals surface area contributed by atoms with Gasteiger partial charge >= 0.3 is 0 Å². The van der Waals surface area contributed by atoms with Crippen LogP contribution in [0.25, 0.3) is 22.0 Å². The number of amides is 1. The van der Waals surface area contributed by atoms with E-state index in [1.807, 2.05) is 31.6 Å². The molecule has 2 fully saturated rings. The molecule has 0 aliphatic heterocycles. The Morgan fingerprint density at radius 1 is 1.03 bits per heavy atom. The first-order chi connectivity index (χ1) is 17.4. The molecular weight excluding hydrogens is 448 g/mol. The first-order valence-electron chi connectivity index (χ1n) is 12.9. The van der Waals surface area contributed by atoms with E-state index in [1.54, 1.807) is 0 Å². The first kappa shape index (κ1) is 22.7. The van der Waals surface area contributed by atoms with Crippen LogP contribution >= 0.6 is 0 Å². The van der Waals surface area contributed by atoms with Crippen LogP contribution in [-0.2, 0) is 24.8 Å². The average molecular weight is 481 g/mol. The molecule has 7 nitrogen and oxygen atoms in total. The van der Waals surface area contributed by atoms with Crippen LogP contribution in [0.15, 0.2) is 48.5 Å². The number of aromatic nitrogens is 4. The molecule has 2 heterocycles. The lowest BCUT2D eigenvalue weighted by atomic mass is 10.0. The van der Waals surface area contributed by atoms with Gasteiger partial charge in [0.05, 0.1) is 17.6 Å². The Morgan fingerprint density at radius 2 is 1.83 bits per heavy atom. The molecule has 1 N–H and O–H groups in total. The van der Waals surface area contributed by atoms with E-state index in [2.05, 4.69) is 67.7 Å². The molecule has 0 unspecified atom stereocenters. The zero-order valence-electron chi connectivity index (χ0n) is 21.2. The van der Waals surface area contributed by atoms with Crippen molar-refractivity contribution in [2.24, 2.45) is 7.05 Å². The summed E-state index contributed by atoms with van der Waals surface area (Å²) in [4.78, 5) is 24.7. The molecule has 7 heteroatoms. The van der Waals surface area contributed by atoms with Crippen LogP contribution in [0, 0.1) is 13.8 Å². The molecule has 0 atom stereocenters. The Kier molecular flexibility index (Phi) is 5.70. The van der Waals surface area contributed by atoms with E-state index in [-0.39, 0.29) is 5.91 Å². The zero-order valence-corrected chi connectivity index (χ0v) is 21.2. The van der Waals surface area contributed by atoms with Crippen molar-refractivity contribution in [2.75, 3.05) is 5.32 Å². The van der Waals surface area contributed by atoms with Crippen molar-refractivity contribution in [2.45, 2.75) is 64.6 Å². The molecule has 4 aromatic rings. The monoisotopic (exact) mass is 480 g/mol. The molecule has 0 saturated heterocycles. The minimum atomic E-state index is 0.167. The van der Waals surface area contributed by atoms with Crippen molar-refractivity contribution in [3.8, 4) is 11.1 Å². The lowest BCUT2D eigenvalue weighted by Crippen LogP contribution is -2.34. The van der Waals surface area contributed by atoms with Crippen LogP contribution in [0.2, 0.25) is 0 Å². The van der Waals surface area contributed by atoms with Gasteiger partial charge in [0.1, 0.15) is 11.6 Å². The van der Waals surface area contributed by atoms with Crippen LogP contribution < -0.4 is 5.32 Å². The molecule has 0 spiro atoms. The molecule has 1 amide bonds. The molecular formula is C29H32N6O. The second-order valence-electron chi connectivity index (χ2n) is 10.3. The van der Waals surface area contributed by atoms with Gasteiger partial charge in [0.2, 0.25) is 5.91 Å².